The number of nitrogens with zero attached hydrogens (tertiary/aromatic N) is 8. The Kier molecular flexibility index (Phi) is 17.0. The van der Waals surface area contributed by atoms with Gasteiger partial charge in [0.05, 0.1) is 28.8 Å². The van der Waals surface area contributed by atoms with Gasteiger partial charge in [0.1, 0.15) is 17.9 Å². The molecule has 0 atom stereocenters. The predicted octanol–water partition coefficient (Wildman–Crippen LogP) is 11.0. The number of hydrogen-bond acceptors (Lipinski definition) is 12. The predicted molar refractivity (Wildman–Crippen MR) is 324 cm³/mol. The molecule has 0 bridgehead atoms. The van der Waals surface area contributed by atoms with Crippen LogP contribution in [0.15, 0.2) is 192 Å². The van der Waals surface area contributed by atoms with E-state index in [1.54, 1.807) is 43.6 Å². The molecule has 412 valence electrons. The van der Waals surface area contributed by atoms with Gasteiger partial charge in [-0.05, 0) is 135 Å². The first-order chi connectivity index (χ1) is 39.9. The van der Waals surface area contributed by atoms with Gasteiger partial charge in [0.2, 0.25) is 5.91 Å². The van der Waals surface area contributed by atoms with Crippen molar-refractivity contribution in [3.8, 4) is 44.8 Å². The van der Waals surface area contributed by atoms with Gasteiger partial charge >= 0.3 is 5.97 Å². The number of anilines is 5. The zero-order valence-corrected chi connectivity index (χ0v) is 45.8. The Bertz CT molecular complexity index is 4090. The van der Waals surface area contributed by atoms with Gasteiger partial charge in [0.15, 0.2) is 0 Å². The Hall–Kier alpha value is -10.1. The molecule has 5 heterocycles. The molecule has 4 N–H and O–H groups in total. The molecule has 1 aliphatic heterocycles. The van der Waals surface area contributed by atoms with E-state index in [1.807, 2.05) is 140 Å². The summed E-state index contributed by atoms with van der Waals surface area (Å²) < 4.78 is 2.90. The Labute approximate surface area is 473 Å². The Morgan fingerprint density at radius 2 is 1.17 bits per heavy atom. The number of pyridine rings is 2. The standard InChI is InChI=1S/C35H36N6O2.C30H25N5O4/c1-3-41-35(43)33(37-34-24-36-23-29-9-4-5-12-31(29)34)22-32(38-41)28-11-8-10-27(21-28)26-13-15-30(16-14-26)40(25(2)42)20-19-39-17-6-7-18-39;1-2-35-30(39)27(33-25-13-5-12-24-23(25)11-6-14-31-24)17-26(34-35)21-9-3-7-19(15-21)20-8-4-10-22(16-20)29(38)32-18-28(36)37/h4-5,8-16,21-24,37H,3,6-7,17-20H2,1-2H3;3-17,33H,2,18H2,1H3,(H,32,38)(H,36,37). The molecule has 0 unspecified atom stereocenters. The highest BCUT2D eigenvalue weighted by molar-refractivity contribution is 5.98. The summed E-state index contributed by atoms with van der Waals surface area (Å²) in [5, 5.41) is 30.0. The number of fused-ring (bicyclic) bond motifs is 2. The number of carbonyl (C=O) groups excluding carboxylic acids is 2. The summed E-state index contributed by atoms with van der Waals surface area (Å²) in [6.07, 6.45) is 7.76. The quantitative estimate of drug-likeness (QED) is 0.0670. The van der Waals surface area contributed by atoms with Crippen molar-refractivity contribution in [2.75, 3.05) is 48.3 Å². The number of aromatic nitrogens is 6. The van der Waals surface area contributed by atoms with Crippen LogP contribution in [-0.2, 0) is 22.7 Å². The highest BCUT2D eigenvalue weighted by Gasteiger charge is 2.19. The molecule has 1 aliphatic rings. The number of nitrogens with one attached hydrogen (secondary N) is 3. The van der Waals surface area contributed by atoms with Crippen LogP contribution in [0, 0.1) is 0 Å². The van der Waals surface area contributed by atoms with E-state index in [4.69, 9.17) is 5.11 Å². The molecule has 17 heteroatoms. The number of amides is 2. The van der Waals surface area contributed by atoms with Gasteiger partial charge in [-0.15, -0.1) is 0 Å². The number of aryl methyl sites for hydroxylation is 2. The normalized spacial score (nSPS) is 12.1. The van der Waals surface area contributed by atoms with Crippen molar-refractivity contribution in [2.45, 2.75) is 46.7 Å². The summed E-state index contributed by atoms with van der Waals surface area (Å²) in [7, 11) is 0. The average Bonchev–Trinajstić information content (AvgIpc) is 4.12. The highest BCUT2D eigenvalue weighted by Crippen LogP contribution is 2.32. The maximum atomic E-state index is 13.3. The number of carboxylic acid groups (broad SMARTS) is 1. The van der Waals surface area contributed by atoms with E-state index in [9.17, 15) is 24.0 Å². The highest BCUT2D eigenvalue weighted by atomic mass is 16.4. The van der Waals surface area contributed by atoms with Crippen LogP contribution >= 0.6 is 0 Å². The number of hydrogen-bond donors (Lipinski definition) is 4. The number of carbonyl (C=O) groups is 3. The van der Waals surface area contributed by atoms with Gasteiger partial charge in [-0.1, -0.05) is 91.0 Å². The zero-order valence-electron chi connectivity index (χ0n) is 45.8. The molecule has 1 saturated heterocycles. The fourth-order valence-electron chi connectivity index (χ4n) is 10.1. The van der Waals surface area contributed by atoms with Crippen LogP contribution in [0.4, 0.5) is 28.4 Å². The lowest BCUT2D eigenvalue weighted by Crippen LogP contribution is -2.36. The minimum atomic E-state index is -1.11. The SMILES string of the molecule is CCn1nc(-c2cccc(-c3ccc(N(CCN4CCCC4)C(C)=O)cc3)c2)cc(Nc2cncc3ccccc23)c1=O.CCn1nc(-c2cccc(-c3cccc(C(=O)NCC(=O)O)c3)c2)cc(Nc2cccc3ncccc23)c1=O. The summed E-state index contributed by atoms with van der Waals surface area (Å²) >= 11 is 0. The third-order valence-corrected chi connectivity index (χ3v) is 14.3. The fraction of sp³-hybridized carbons (Fsp3) is 0.185. The Morgan fingerprint density at radius 1 is 0.585 bits per heavy atom. The van der Waals surface area contributed by atoms with E-state index in [0.717, 1.165) is 91.8 Å². The molecule has 0 aliphatic carbocycles. The summed E-state index contributed by atoms with van der Waals surface area (Å²) in [6.45, 7) is 9.60. The third-order valence-electron chi connectivity index (χ3n) is 14.3. The zero-order chi connectivity index (χ0) is 57.1. The fourth-order valence-corrected chi connectivity index (χ4v) is 10.1. The van der Waals surface area contributed by atoms with Crippen molar-refractivity contribution in [1.82, 2.24) is 39.7 Å². The second kappa shape index (κ2) is 25.3. The largest absolute Gasteiger partial charge is 0.480 e. The van der Waals surface area contributed by atoms with Crippen LogP contribution in [0.25, 0.3) is 66.4 Å². The maximum Gasteiger partial charge on any atom is 0.322 e. The van der Waals surface area contributed by atoms with Crippen molar-refractivity contribution in [3.05, 3.63) is 209 Å². The van der Waals surface area contributed by atoms with Gasteiger partial charge in [0.25, 0.3) is 17.0 Å². The van der Waals surface area contributed by atoms with Gasteiger partial charge in [0, 0.05) is 89.7 Å². The van der Waals surface area contributed by atoms with Gasteiger partial charge in [-0.25, -0.2) is 9.36 Å². The molecular formula is C65H61N11O6. The molecule has 0 radical (unpaired) electrons. The molecule has 4 aromatic heterocycles. The molecule has 0 spiro atoms. The first-order valence-corrected chi connectivity index (χ1v) is 27.3. The molecule has 11 rings (SSSR count). The molecule has 2 amide bonds. The number of likely N-dealkylation sites (tertiary alicyclic amines) is 1. The van der Waals surface area contributed by atoms with E-state index < -0.39 is 18.4 Å². The second-order valence-corrected chi connectivity index (χ2v) is 19.7. The van der Waals surface area contributed by atoms with Crippen LogP contribution < -0.4 is 32.0 Å². The van der Waals surface area contributed by atoms with Crippen LogP contribution in [0.2, 0.25) is 0 Å². The number of aliphatic carboxylic acids is 1. The molecular weight excluding hydrogens is 1030 g/mol. The minimum Gasteiger partial charge on any atom is -0.480 e. The average molecular weight is 1090 g/mol. The van der Waals surface area contributed by atoms with Crippen LogP contribution in [-0.4, -0.2) is 90.0 Å². The summed E-state index contributed by atoms with van der Waals surface area (Å²) in [4.78, 5) is 75.1. The maximum absolute atomic E-state index is 13.3. The number of benzene rings is 6. The molecule has 17 nitrogen and oxygen atoms in total. The number of rotatable bonds is 17. The molecule has 10 aromatic rings. The lowest BCUT2D eigenvalue weighted by Gasteiger charge is -2.24. The Balaban J connectivity index is 0.000000185. The van der Waals surface area contributed by atoms with Gasteiger partial charge < -0.3 is 30.9 Å². The van der Waals surface area contributed by atoms with Crippen LogP contribution in [0.5, 0.6) is 0 Å². The number of carboxylic acids is 1. The molecule has 82 heavy (non-hydrogen) atoms. The van der Waals surface area contributed by atoms with Gasteiger partial charge in [-0.2, -0.15) is 10.2 Å². The van der Waals surface area contributed by atoms with E-state index in [-0.39, 0.29) is 17.0 Å². The third kappa shape index (κ3) is 12.8. The van der Waals surface area contributed by atoms with E-state index in [1.165, 1.54) is 22.2 Å². The van der Waals surface area contributed by atoms with Crippen molar-refractivity contribution in [1.29, 1.82) is 0 Å². The monoisotopic (exact) mass is 1090 g/mol. The summed E-state index contributed by atoms with van der Waals surface area (Å²) in [5.74, 6) is -1.53. The lowest BCUT2D eigenvalue weighted by atomic mass is 9.99. The van der Waals surface area contributed by atoms with Gasteiger partial charge in [-0.3, -0.25) is 33.9 Å². The molecule has 1 fully saturated rings. The van der Waals surface area contributed by atoms with E-state index >= 15 is 0 Å². The lowest BCUT2D eigenvalue weighted by molar-refractivity contribution is -0.135. The Morgan fingerprint density at radius 3 is 1.82 bits per heavy atom. The van der Waals surface area contributed by atoms with E-state index in [2.05, 4.69) is 65.3 Å². The smallest absolute Gasteiger partial charge is 0.322 e. The van der Waals surface area contributed by atoms with Crippen LogP contribution in [0.1, 0.15) is 44.0 Å². The van der Waals surface area contributed by atoms with Crippen molar-refractivity contribution in [3.63, 3.8) is 0 Å². The minimum absolute atomic E-state index is 0.0507. The first-order valence-electron chi connectivity index (χ1n) is 27.3. The first kappa shape index (κ1) is 55.2. The summed E-state index contributed by atoms with van der Waals surface area (Å²) in [6, 6.07) is 51.9. The summed E-state index contributed by atoms with van der Waals surface area (Å²) in [5.41, 5.74) is 10.7. The van der Waals surface area contributed by atoms with Crippen molar-refractivity contribution >= 4 is 67.9 Å². The topological polar surface area (TPSA) is 210 Å². The van der Waals surface area contributed by atoms with Crippen molar-refractivity contribution < 1.29 is 19.5 Å². The van der Waals surface area contributed by atoms with E-state index in [0.29, 0.717) is 48.0 Å². The van der Waals surface area contributed by atoms with Crippen molar-refractivity contribution in [2.24, 2.45) is 0 Å². The molecule has 0 saturated carbocycles. The second-order valence-electron chi connectivity index (χ2n) is 19.7. The van der Waals surface area contributed by atoms with Crippen LogP contribution in [0.3, 0.4) is 0 Å². The molecule has 6 aromatic carbocycles.